The van der Waals surface area contributed by atoms with Crippen LogP contribution in [0.5, 0.6) is 0 Å². The number of halogens is 6. The molecule has 1 aliphatic rings. The first-order chi connectivity index (χ1) is 13.4. The van der Waals surface area contributed by atoms with Crippen LogP contribution in [0.4, 0.5) is 26.3 Å². The lowest BCUT2D eigenvalue weighted by molar-refractivity contribution is -0.143. The number of nitrogens with one attached hydrogen (secondary N) is 2. The number of alkyl halides is 6. The standard InChI is InChI=1S/C19H25F6N3S/c1-28(2)11-13-5-3-4-6-16(13)27-17(29)26-10-12-7-14(18(20,21)22)9-15(8-12)19(23,24)25/h7-9,13,16H,3-6,10-11H2,1-2H3,(H2,26,27,29)/t13-,16-/m1/s1. The molecule has 3 nitrogen and oxygen atoms in total. The molecule has 164 valence electrons. The van der Waals surface area contributed by atoms with Gasteiger partial charge in [0.15, 0.2) is 5.11 Å². The van der Waals surface area contributed by atoms with E-state index >= 15 is 0 Å². The molecule has 0 heterocycles. The maximum Gasteiger partial charge on any atom is 0.416 e. The molecule has 29 heavy (non-hydrogen) atoms. The second-order valence-electron chi connectivity index (χ2n) is 7.65. The van der Waals surface area contributed by atoms with E-state index in [0.29, 0.717) is 18.1 Å². The van der Waals surface area contributed by atoms with Gasteiger partial charge in [0, 0.05) is 19.1 Å². The van der Waals surface area contributed by atoms with Crippen molar-refractivity contribution < 1.29 is 26.3 Å². The third-order valence-electron chi connectivity index (χ3n) is 4.93. The van der Waals surface area contributed by atoms with Crippen molar-refractivity contribution in [1.82, 2.24) is 15.5 Å². The summed E-state index contributed by atoms with van der Waals surface area (Å²) in [6.07, 6.45) is -5.59. The molecule has 10 heteroatoms. The minimum Gasteiger partial charge on any atom is -0.360 e. The maximum absolute atomic E-state index is 13.0. The molecule has 2 atom stereocenters. The van der Waals surface area contributed by atoms with Gasteiger partial charge in [-0.3, -0.25) is 0 Å². The molecule has 2 rings (SSSR count). The first-order valence-corrected chi connectivity index (χ1v) is 9.74. The summed E-state index contributed by atoms with van der Waals surface area (Å²) in [6, 6.07) is 1.66. The van der Waals surface area contributed by atoms with Gasteiger partial charge in [-0.2, -0.15) is 26.3 Å². The molecule has 0 spiro atoms. The topological polar surface area (TPSA) is 27.3 Å². The predicted molar refractivity (Wildman–Crippen MR) is 103 cm³/mol. The average molecular weight is 441 g/mol. The zero-order valence-corrected chi connectivity index (χ0v) is 17.1. The lowest BCUT2D eigenvalue weighted by atomic mass is 9.84. The van der Waals surface area contributed by atoms with Crippen LogP contribution in [-0.4, -0.2) is 36.7 Å². The minimum absolute atomic E-state index is 0.119. The molecule has 0 unspecified atom stereocenters. The molecule has 0 radical (unpaired) electrons. The molecule has 0 aromatic heterocycles. The van der Waals surface area contributed by atoms with Crippen LogP contribution in [0.2, 0.25) is 0 Å². The van der Waals surface area contributed by atoms with Gasteiger partial charge in [-0.15, -0.1) is 0 Å². The van der Waals surface area contributed by atoms with Crippen LogP contribution in [0.25, 0.3) is 0 Å². The van der Waals surface area contributed by atoms with Crippen LogP contribution in [0, 0.1) is 5.92 Å². The molecule has 0 amide bonds. The Morgan fingerprint density at radius 3 is 2.07 bits per heavy atom. The molecule has 0 saturated heterocycles. The Labute approximate surface area is 171 Å². The number of benzene rings is 1. The highest BCUT2D eigenvalue weighted by Gasteiger charge is 2.36. The summed E-state index contributed by atoms with van der Waals surface area (Å²) < 4.78 is 77.8. The Morgan fingerprint density at radius 2 is 1.55 bits per heavy atom. The third kappa shape index (κ3) is 7.33. The second-order valence-corrected chi connectivity index (χ2v) is 8.06. The molecule has 1 saturated carbocycles. The maximum atomic E-state index is 13.0. The van der Waals surface area contributed by atoms with Crippen molar-refractivity contribution in [2.24, 2.45) is 5.92 Å². The van der Waals surface area contributed by atoms with Gasteiger partial charge in [0.25, 0.3) is 0 Å². The largest absolute Gasteiger partial charge is 0.416 e. The van der Waals surface area contributed by atoms with Crippen molar-refractivity contribution >= 4 is 17.3 Å². The normalized spacial score (nSPS) is 20.6. The van der Waals surface area contributed by atoms with Crippen LogP contribution < -0.4 is 10.6 Å². The highest BCUT2D eigenvalue weighted by Crippen LogP contribution is 2.36. The molecule has 2 N–H and O–H groups in total. The van der Waals surface area contributed by atoms with E-state index in [4.69, 9.17) is 12.2 Å². The fourth-order valence-electron chi connectivity index (χ4n) is 3.61. The zero-order valence-electron chi connectivity index (χ0n) is 16.3. The summed E-state index contributed by atoms with van der Waals surface area (Å²) in [5.74, 6) is 0.379. The molecule has 1 fully saturated rings. The highest BCUT2D eigenvalue weighted by atomic mass is 32.1. The quantitative estimate of drug-likeness (QED) is 0.507. The Hall–Kier alpha value is -1.55. The molecule has 0 bridgehead atoms. The van der Waals surface area contributed by atoms with E-state index in [1.54, 1.807) is 0 Å². The monoisotopic (exact) mass is 441 g/mol. The fraction of sp³-hybridized carbons (Fsp3) is 0.632. The van der Waals surface area contributed by atoms with Crippen LogP contribution in [0.3, 0.4) is 0 Å². The Balaban J connectivity index is 2.05. The fourth-order valence-corrected chi connectivity index (χ4v) is 3.83. The molecular weight excluding hydrogens is 416 g/mol. The van der Waals surface area contributed by atoms with E-state index in [9.17, 15) is 26.3 Å². The first-order valence-electron chi connectivity index (χ1n) is 9.33. The lowest BCUT2D eigenvalue weighted by Crippen LogP contribution is -2.48. The summed E-state index contributed by atoms with van der Waals surface area (Å²) in [6.45, 7) is 0.646. The first kappa shape index (κ1) is 23.7. The van der Waals surface area contributed by atoms with Crippen molar-refractivity contribution in [3.05, 3.63) is 34.9 Å². The SMILES string of the molecule is CN(C)C[C@H]1CCCC[C@H]1NC(=S)NCc1cc(C(F)(F)F)cc(C(F)(F)F)c1. The van der Waals surface area contributed by atoms with Crippen LogP contribution >= 0.6 is 12.2 Å². The van der Waals surface area contributed by atoms with Gasteiger partial charge in [-0.1, -0.05) is 12.8 Å². The highest BCUT2D eigenvalue weighted by molar-refractivity contribution is 7.80. The van der Waals surface area contributed by atoms with Gasteiger partial charge >= 0.3 is 12.4 Å². The summed E-state index contributed by atoms with van der Waals surface area (Å²) >= 11 is 5.23. The summed E-state index contributed by atoms with van der Waals surface area (Å²) in [5, 5.41) is 6.16. The smallest absolute Gasteiger partial charge is 0.360 e. The van der Waals surface area contributed by atoms with Gasteiger partial charge in [-0.05, 0) is 68.8 Å². The van der Waals surface area contributed by atoms with Crippen molar-refractivity contribution in [2.45, 2.75) is 50.6 Å². The summed E-state index contributed by atoms with van der Waals surface area (Å²) in [7, 11) is 3.96. The van der Waals surface area contributed by atoms with E-state index in [-0.39, 0.29) is 29.3 Å². The number of hydrogen-bond donors (Lipinski definition) is 2. The number of nitrogens with zero attached hydrogens (tertiary/aromatic N) is 1. The zero-order chi connectivity index (χ0) is 21.8. The van der Waals surface area contributed by atoms with Crippen molar-refractivity contribution in [1.29, 1.82) is 0 Å². The van der Waals surface area contributed by atoms with Crippen molar-refractivity contribution in [3.63, 3.8) is 0 Å². The lowest BCUT2D eigenvalue weighted by Gasteiger charge is -2.34. The molecule has 1 aromatic rings. The van der Waals surface area contributed by atoms with Gasteiger partial charge in [-0.25, -0.2) is 0 Å². The van der Waals surface area contributed by atoms with E-state index < -0.39 is 23.5 Å². The Morgan fingerprint density at radius 1 is 1.00 bits per heavy atom. The number of hydrogen-bond acceptors (Lipinski definition) is 2. The summed E-state index contributed by atoms with van der Waals surface area (Å²) in [4.78, 5) is 2.09. The molecular formula is C19H25F6N3S. The van der Waals surface area contributed by atoms with E-state index in [1.165, 1.54) is 0 Å². The van der Waals surface area contributed by atoms with E-state index in [2.05, 4.69) is 15.5 Å². The second kappa shape index (κ2) is 9.51. The van der Waals surface area contributed by atoms with Crippen molar-refractivity contribution in [3.8, 4) is 0 Å². The van der Waals surface area contributed by atoms with Crippen LogP contribution in [0.15, 0.2) is 18.2 Å². The van der Waals surface area contributed by atoms with Gasteiger partial charge in [0.1, 0.15) is 0 Å². The van der Waals surface area contributed by atoms with Gasteiger partial charge < -0.3 is 15.5 Å². The van der Waals surface area contributed by atoms with Crippen LogP contribution in [0.1, 0.15) is 42.4 Å². The number of rotatable bonds is 5. The molecule has 0 aliphatic heterocycles. The summed E-state index contributed by atoms with van der Waals surface area (Å²) in [5.41, 5.74) is -2.80. The van der Waals surface area contributed by atoms with E-state index in [0.717, 1.165) is 32.2 Å². The predicted octanol–water partition coefficient (Wildman–Crippen LogP) is 4.81. The van der Waals surface area contributed by atoms with Gasteiger partial charge in [0.2, 0.25) is 0 Å². The number of thiocarbonyl (C=S) groups is 1. The van der Waals surface area contributed by atoms with Crippen molar-refractivity contribution in [2.75, 3.05) is 20.6 Å². The Bertz CT molecular complexity index is 670. The molecule has 1 aliphatic carbocycles. The van der Waals surface area contributed by atoms with Crippen LogP contribution in [-0.2, 0) is 18.9 Å². The minimum atomic E-state index is -4.86. The van der Waals surface area contributed by atoms with Gasteiger partial charge in [0.05, 0.1) is 11.1 Å². The molecule has 1 aromatic carbocycles. The van der Waals surface area contributed by atoms with E-state index in [1.807, 2.05) is 14.1 Å². The third-order valence-corrected chi connectivity index (χ3v) is 5.19. The average Bonchev–Trinajstić information content (AvgIpc) is 2.59. The Kier molecular flexibility index (Phi) is 7.78.